The zero-order valence-corrected chi connectivity index (χ0v) is 25.5. The number of anilines is 2. The normalized spacial score (nSPS) is 15.2. The van der Waals surface area contributed by atoms with Crippen LogP contribution in [0.2, 0.25) is 0 Å². The Hall–Kier alpha value is -5.05. The predicted octanol–water partition coefficient (Wildman–Crippen LogP) is 5.72. The number of aromatic nitrogens is 2. The first-order valence-corrected chi connectivity index (χ1v) is 15.5. The van der Waals surface area contributed by atoms with Crippen LogP contribution in [-0.4, -0.2) is 65.4 Å². The molecule has 5 aromatic rings. The molecule has 2 aliphatic heterocycles. The van der Waals surface area contributed by atoms with Crippen LogP contribution in [0, 0.1) is 17.1 Å². The summed E-state index contributed by atoms with van der Waals surface area (Å²) in [7, 11) is 2.10. The Bertz CT molecular complexity index is 2040. The lowest BCUT2D eigenvalue weighted by atomic mass is 9.90. The molecule has 11 heteroatoms. The summed E-state index contributed by atoms with van der Waals surface area (Å²) in [6.07, 6.45) is 2.17. The van der Waals surface area contributed by atoms with E-state index in [4.69, 9.17) is 15.5 Å². The predicted molar refractivity (Wildman–Crippen MR) is 175 cm³/mol. The molecule has 2 N–H and O–H groups in total. The van der Waals surface area contributed by atoms with Crippen molar-refractivity contribution < 1.29 is 13.9 Å². The molecule has 1 amide bonds. The van der Waals surface area contributed by atoms with Crippen LogP contribution in [0.3, 0.4) is 0 Å². The highest BCUT2D eigenvalue weighted by molar-refractivity contribution is 7.22. The van der Waals surface area contributed by atoms with Gasteiger partial charge in [-0.05, 0) is 48.9 Å². The van der Waals surface area contributed by atoms with Gasteiger partial charge in [-0.1, -0.05) is 48.2 Å². The number of hydrogen-bond acceptors (Lipinski definition) is 9. The number of halogens is 1. The molecule has 0 spiro atoms. The highest BCUT2D eigenvalue weighted by Gasteiger charge is 2.29. The molecule has 9 nitrogen and oxygen atoms in total. The fourth-order valence-electron chi connectivity index (χ4n) is 6.38. The summed E-state index contributed by atoms with van der Waals surface area (Å²) >= 11 is 1.07. The van der Waals surface area contributed by atoms with E-state index in [0.717, 1.165) is 47.5 Å². The van der Waals surface area contributed by atoms with Crippen molar-refractivity contribution in [1.82, 2.24) is 19.8 Å². The van der Waals surface area contributed by atoms with Crippen molar-refractivity contribution in [2.45, 2.75) is 13.0 Å². The Morgan fingerprint density at radius 3 is 2.62 bits per heavy atom. The van der Waals surface area contributed by atoms with Gasteiger partial charge in [0.05, 0.1) is 16.1 Å². The number of nitrogens with zero attached hydrogens (tertiary/aromatic N) is 6. The first kappa shape index (κ1) is 28.7. The molecule has 1 fully saturated rings. The van der Waals surface area contributed by atoms with E-state index >= 15 is 0 Å². The summed E-state index contributed by atoms with van der Waals surface area (Å²) in [5.41, 5.74) is 12.0. The molecule has 2 aromatic heterocycles. The first-order valence-electron chi connectivity index (χ1n) is 14.7. The maximum absolute atomic E-state index is 14.6. The van der Waals surface area contributed by atoms with E-state index in [2.05, 4.69) is 40.5 Å². The highest BCUT2D eigenvalue weighted by atomic mass is 32.1. The lowest BCUT2D eigenvalue weighted by Crippen LogP contribution is -2.48. The lowest BCUT2D eigenvalue weighted by Gasteiger charge is -2.37. The molecular formula is C34H30FN7O2S. The van der Waals surface area contributed by atoms with Crippen molar-refractivity contribution in [2.75, 3.05) is 50.4 Å². The molecule has 0 aliphatic carbocycles. The fraction of sp³-hybridized carbons (Fsp3) is 0.235. The summed E-state index contributed by atoms with van der Waals surface area (Å²) in [6.45, 7) is 7.41. The number of benzene rings is 3. The number of nitriles is 1. The smallest absolute Gasteiger partial charge is 0.246 e. The number of fused-ring (bicyclic) bond motifs is 3. The summed E-state index contributed by atoms with van der Waals surface area (Å²) < 4.78 is 21.4. The number of carbonyl (C=O) groups is 1. The van der Waals surface area contributed by atoms with Crippen molar-refractivity contribution >= 4 is 49.2 Å². The Morgan fingerprint density at radius 1 is 1.07 bits per heavy atom. The molecule has 45 heavy (non-hydrogen) atoms. The van der Waals surface area contributed by atoms with Gasteiger partial charge in [0.25, 0.3) is 0 Å². The van der Waals surface area contributed by atoms with Crippen LogP contribution in [0.15, 0.2) is 61.2 Å². The van der Waals surface area contributed by atoms with Gasteiger partial charge in [-0.15, -0.1) is 0 Å². The molecule has 3 aromatic carbocycles. The number of pyridine rings is 1. The minimum absolute atomic E-state index is 0.111. The Morgan fingerprint density at radius 2 is 1.84 bits per heavy atom. The number of hydrogen-bond donors (Lipinski definition) is 1. The van der Waals surface area contributed by atoms with Gasteiger partial charge in [-0.25, -0.2) is 14.4 Å². The summed E-state index contributed by atoms with van der Waals surface area (Å²) in [5.74, 6) is 0.279. The van der Waals surface area contributed by atoms with Crippen LogP contribution in [0.5, 0.6) is 11.5 Å². The minimum atomic E-state index is -0.417. The van der Waals surface area contributed by atoms with Crippen LogP contribution in [0.25, 0.3) is 32.4 Å². The lowest BCUT2D eigenvalue weighted by molar-refractivity contribution is -0.126. The minimum Gasteiger partial charge on any atom is -0.453 e. The van der Waals surface area contributed by atoms with Gasteiger partial charge >= 0.3 is 0 Å². The molecule has 1 saturated heterocycles. The van der Waals surface area contributed by atoms with E-state index in [1.165, 1.54) is 23.3 Å². The number of nitrogens with two attached hydrogens (primary N) is 1. The molecule has 2 aliphatic rings. The van der Waals surface area contributed by atoms with Crippen LogP contribution in [-0.2, 0) is 17.8 Å². The first-order chi connectivity index (χ1) is 21.9. The fourth-order valence-corrected chi connectivity index (χ4v) is 7.13. The number of piperazine rings is 1. The highest BCUT2D eigenvalue weighted by Crippen LogP contribution is 2.43. The zero-order chi connectivity index (χ0) is 31.2. The molecule has 0 bridgehead atoms. The average Bonchev–Trinajstić information content (AvgIpc) is 3.47. The van der Waals surface area contributed by atoms with E-state index in [1.54, 1.807) is 11.0 Å². The SMILES string of the molecule is C=CC(=O)N1CCN(c2c(C#N)c(-c3cccc4c3CCN(C)C4)nc3c(Oc4ccc(F)c5sc(N)nc45)cccc23)CC1. The quantitative estimate of drug-likeness (QED) is 0.249. The number of likely N-dealkylation sites (N-methyl/N-ethyl adjacent to an activating group) is 1. The number of amides is 1. The number of rotatable bonds is 5. The molecule has 226 valence electrons. The number of para-hydroxylation sites is 1. The van der Waals surface area contributed by atoms with Gasteiger partial charge in [0, 0.05) is 50.2 Å². The summed E-state index contributed by atoms with van der Waals surface area (Å²) in [6, 6.07) is 17.2. The average molecular weight is 620 g/mol. The third-order valence-electron chi connectivity index (χ3n) is 8.55. The second-order valence-corrected chi connectivity index (χ2v) is 12.3. The molecule has 0 radical (unpaired) electrons. The van der Waals surface area contributed by atoms with E-state index in [9.17, 15) is 14.4 Å². The molecule has 0 atom stereocenters. The van der Waals surface area contributed by atoms with E-state index in [1.807, 2.05) is 30.3 Å². The van der Waals surface area contributed by atoms with E-state index in [-0.39, 0.29) is 11.0 Å². The van der Waals surface area contributed by atoms with Gasteiger partial charge < -0.3 is 25.2 Å². The van der Waals surface area contributed by atoms with Crippen LogP contribution >= 0.6 is 11.3 Å². The van der Waals surface area contributed by atoms with Gasteiger partial charge in [0.15, 0.2) is 16.6 Å². The number of nitrogen functional groups attached to an aromatic ring is 1. The van der Waals surface area contributed by atoms with E-state index < -0.39 is 5.82 Å². The van der Waals surface area contributed by atoms with Gasteiger partial charge in [0.2, 0.25) is 5.91 Å². The zero-order valence-electron chi connectivity index (χ0n) is 24.7. The summed E-state index contributed by atoms with van der Waals surface area (Å²) in [5, 5.41) is 11.7. The number of ether oxygens (including phenoxy) is 1. The van der Waals surface area contributed by atoms with Crippen molar-refractivity contribution in [2.24, 2.45) is 0 Å². The molecule has 0 unspecified atom stereocenters. The van der Waals surface area contributed by atoms with Crippen molar-refractivity contribution in [3.05, 3.63) is 83.7 Å². The van der Waals surface area contributed by atoms with Crippen molar-refractivity contribution in [3.8, 4) is 28.8 Å². The third-order valence-corrected chi connectivity index (χ3v) is 9.45. The maximum atomic E-state index is 14.6. The van der Waals surface area contributed by atoms with E-state index in [0.29, 0.717) is 64.7 Å². The van der Waals surface area contributed by atoms with Crippen LogP contribution in [0.1, 0.15) is 16.7 Å². The van der Waals surface area contributed by atoms with Crippen LogP contribution in [0.4, 0.5) is 15.2 Å². The van der Waals surface area contributed by atoms with Gasteiger partial charge in [-0.3, -0.25) is 4.79 Å². The van der Waals surface area contributed by atoms with Crippen molar-refractivity contribution in [3.63, 3.8) is 0 Å². The molecule has 7 rings (SSSR count). The second-order valence-electron chi connectivity index (χ2n) is 11.3. The number of thiazole rings is 1. The van der Waals surface area contributed by atoms with Gasteiger partial charge in [0.1, 0.15) is 28.5 Å². The Kier molecular flexibility index (Phi) is 7.31. The second kappa shape index (κ2) is 11.5. The van der Waals surface area contributed by atoms with Crippen LogP contribution < -0.4 is 15.4 Å². The molecule has 0 saturated carbocycles. The summed E-state index contributed by atoms with van der Waals surface area (Å²) in [4.78, 5) is 28.1. The Labute approximate surface area is 263 Å². The number of carbonyl (C=O) groups excluding carboxylic acids is 1. The van der Waals surface area contributed by atoms with Gasteiger partial charge in [-0.2, -0.15) is 5.26 Å². The topological polar surface area (TPSA) is 112 Å². The van der Waals surface area contributed by atoms with Crippen molar-refractivity contribution in [1.29, 1.82) is 5.26 Å². The maximum Gasteiger partial charge on any atom is 0.246 e. The standard InChI is InChI=1S/C34H30FN7O2S/c1-3-28(43)41-14-16-42(17-15-41)32-23-8-5-9-26(44-27-11-10-25(35)33-31(27)39-34(37)45-33)30(23)38-29(24(32)18-36)22-7-4-6-20-19-40(2)13-12-21(20)22/h3-11H,1,12-17,19H2,2H3,(H2,37,39). The largest absolute Gasteiger partial charge is 0.453 e. The monoisotopic (exact) mass is 619 g/mol. The molecular weight excluding hydrogens is 589 g/mol. The third kappa shape index (κ3) is 5.02. The Balaban J connectivity index is 1.44. The molecule has 4 heterocycles.